The number of hydrogen-bond acceptors (Lipinski definition) is 0. The zero-order chi connectivity index (χ0) is 15.0. The van der Waals surface area contributed by atoms with Crippen LogP contribution in [0.5, 0.6) is 0 Å². The fraction of sp³-hybridized carbons (Fsp3) is 0. The number of nitrogens with one attached hydrogen (secondary N) is 1. The fourth-order valence-electron chi connectivity index (χ4n) is 4.22. The van der Waals surface area contributed by atoms with E-state index in [1.807, 2.05) is 6.20 Å². The van der Waals surface area contributed by atoms with E-state index in [4.69, 9.17) is 0 Å². The molecular weight excluding hydrogens is 278 g/mol. The highest BCUT2D eigenvalue weighted by Crippen LogP contribution is 2.50. The first-order valence-corrected chi connectivity index (χ1v) is 7.97. The Morgan fingerprint density at radius 3 is 2.17 bits per heavy atom. The van der Waals surface area contributed by atoms with Crippen LogP contribution in [-0.4, -0.2) is 4.98 Å². The van der Waals surface area contributed by atoms with Gasteiger partial charge >= 0.3 is 0 Å². The van der Waals surface area contributed by atoms with Gasteiger partial charge in [-0.1, -0.05) is 60.7 Å². The van der Waals surface area contributed by atoms with Crippen LogP contribution in [0.3, 0.4) is 0 Å². The minimum absolute atomic E-state index is 1.24. The predicted octanol–water partition coefficient (Wildman–Crippen LogP) is 6.12. The van der Waals surface area contributed by atoms with Gasteiger partial charge < -0.3 is 4.98 Å². The van der Waals surface area contributed by atoms with Crippen molar-refractivity contribution in [3.8, 4) is 22.3 Å². The van der Waals surface area contributed by atoms with Gasteiger partial charge in [0.1, 0.15) is 0 Å². The van der Waals surface area contributed by atoms with Crippen LogP contribution >= 0.6 is 0 Å². The molecule has 1 heteroatoms. The molecule has 0 fully saturated rings. The number of aromatic nitrogens is 1. The summed E-state index contributed by atoms with van der Waals surface area (Å²) in [5, 5.41) is 6.62. The van der Waals surface area contributed by atoms with Crippen LogP contribution in [0.15, 0.2) is 72.9 Å². The van der Waals surface area contributed by atoms with Gasteiger partial charge in [-0.25, -0.2) is 0 Å². The first kappa shape index (κ1) is 11.5. The summed E-state index contributed by atoms with van der Waals surface area (Å²) in [6.07, 6.45) is 2.03. The molecule has 0 unspecified atom stereocenters. The SMILES string of the molecule is c1cc2c3c(cccc3c1)-c1c-2ccc2ccc3cc[nH]c3c12. The first-order chi connectivity index (χ1) is 11.4. The van der Waals surface area contributed by atoms with E-state index in [9.17, 15) is 0 Å². The maximum Gasteiger partial charge on any atom is 0.0540 e. The minimum atomic E-state index is 1.24. The van der Waals surface area contributed by atoms with E-state index in [-0.39, 0.29) is 0 Å². The largest absolute Gasteiger partial charge is 0.361 e. The minimum Gasteiger partial charge on any atom is -0.361 e. The summed E-state index contributed by atoms with van der Waals surface area (Å²) in [6.45, 7) is 0. The molecule has 1 aliphatic rings. The van der Waals surface area contributed by atoms with Crippen LogP contribution in [0.1, 0.15) is 0 Å². The van der Waals surface area contributed by atoms with Crippen molar-refractivity contribution in [3.63, 3.8) is 0 Å². The highest BCUT2D eigenvalue weighted by Gasteiger charge is 2.23. The summed E-state index contributed by atoms with van der Waals surface area (Å²) in [5.74, 6) is 0. The quantitative estimate of drug-likeness (QED) is 0.347. The maximum atomic E-state index is 3.45. The number of rotatable bonds is 0. The third-order valence-electron chi connectivity index (χ3n) is 5.17. The summed E-state index contributed by atoms with van der Waals surface area (Å²) in [6, 6.07) is 24.4. The molecule has 0 bridgehead atoms. The number of benzene rings is 4. The summed E-state index contributed by atoms with van der Waals surface area (Å²) in [5.41, 5.74) is 6.69. The molecule has 0 radical (unpaired) electrons. The lowest BCUT2D eigenvalue weighted by Crippen LogP contribution is -1.83. The van der Waals surface area contributed by atoms with Crippen molar-refractivity contribution in [1.82, 2.24) is 4.98 Å². The summed E-state index contributed by atoms with van der Waals surface area (Å²) in [4.78, 5) is 3.45. The van der Waals surface area contributed by atoms with Crippen molar-refractivity contribution in [3.05, 3.63) is 72.9 Å². The van der Waals surface area contributed by atoms with Crippen LogP contribution in [0.4, 0.5) is 0 Å². The van der Waals surface area contributed by atoms with E-state index in [0.29, 0.717) is 0 Å². The molecule has 106 valence electrons. The highest BCUT2D eigenvalue weighted by atomic mass is 14.7. The molecule has 0 spiro atoms. The van der Waals surface area contributed by atoms with Crippen LogP contribution < -0.4 is 0 Å². The molecule has 1 heterocycles. The molecule has 5 aromatic rings. The van der Waals surface area contributed by atoms with Gasteiger partial charge in [0, 0.05) is 22.5 Å². The van der Waals surface area contributed by atoms with E-state index in [2.05, 4.69) is 71.7 Å². The van der Waals surface area contributed by atoms with E-state index in [1.165, 1.54) is 54.7 Å². The second kappa shape index (κ2) is 3.82. The van der Waals surface area contributed by atoms with Crippen molar-refractivity contribution in [1.29, 1.82) is 0 Å². The Kier molecular flexibility index (Phi) is 1.91. The summed E-state index contributed by atoms with van der Waals surface area (Å²) < 4.78 is 0. The van der Waals surface area contributed by atoms with Crippen LogP contribution in [0.25, 0.3) is 54.7 Å². The summed E-state index contributed by atoms with van der Waals surface area (Å²) in [7, 11) is 0. The van der Waals surface area contributed by atoms with Gasteiger partial charge in [0.05, 0.1) is 5.52 Å². The average molecular weight is 291 g/mol. The maximum absolute atomic E-state index is 3.45. The molecule has 1 N–H and O–H groups in total. The lowest BCUT2D eigenvalue weighted by atomic mass is 9.95. The molecule has 1 aromatic heterocycles. The topological polar surface area (TPSA) is 15.8 Å². The number of aromatic amines is 1. The summed E-state index contributed by atoms with van der Waals surface area (Å²) >= 11 is 0. The van der Waals surface area contributed by atoms with Gasteiger partial charge in [-0.2, -0.15) is 0 Å². The van der Waals surface area contributed by atoms with Crippen molar-refractivity contribution in [2.24, 2.45) is 0 Å². The molecule has 6 rings (SSSR count). The van der Waals surface area contributed by atoms with Gasteiger partial charge in [0.25, 0.3) is 0 Å². The van der Waals surface area contributed by atoms with Crippen molar-refractivity contribution in [2.75, 3.05) is 0 Å². The van der Waals surface area contributed by atoms with E-state index in [1.54, 1.807) is 0 Å². The third-order valence-corrected chi connectivity index (χ3v) is 5.17. The van der Waals surface area contributed by atoms with Crippen molar-refractivity contribution < 1.29 is 0 Å². The smallest absolute Gasteiger partial charge is 0.0540 e. The Balaban J connectivity index is 1.94. The average Bonchev–Trinajstić information content (AvgIpc) is 3.20. The van der Waals surface area contributed by atoms with Crippen molar-refractivity contribution in [2.45, 2.75) is 0 Å². The predicted molar refractivity (Wildman–Crippen MR) is 97.7 cm³/mol. The Labute approximate surface area is 133 Å². The van der Waals surface area contributed by atoms with Crippen molar-refractivity contribution >= 4 is 32.4 Å². The van der Waals surface area contributed by atoms with Gasteiger partial charge in [0.2, 0.25) is 0 Å². The van der Waals surface area contributed by atoms with Gasteiger partial charge in [-0.15, -0.1) is 0 Å². The Morgan fingerprint density at radius 2 is 1.26 bits per heavy atom. The molecule has 0 saturated carbocycles. The van der Waals surface area contributed by atoms with Gasteiger partial charge in [0.15, 0.2) is 0 Å². The molecule has 0 amide bonds. The van der Waals surface area contributed by atoms with Gasteiger partial charge in [-0.3, -0.25) is 0 Å². The molecular formula is C22H13N. The van der Waals surface area contributed by atoms with Gasteiger partial charge in [-0.05, 0) is 38.9 Å². The molecule has 0 aliphatic heterocycles. The number of fused-ring (bicyclic) bond motifs is 7. The van der Waals surface area contributed by atoms with E-state index in [0.717, 1.165) is 0 Å². The number of hydrogen-bond donors (Lipinski definition) is 1. The molecule has 23 heavy (non-hydrogen) atoms. The molecule has 4 aromatic carbocycles. The zero-order valence-electron chi connectivity index (χ0n) is 12.4. The van der Waals surface area contributed by atoms with Crippen LogP contribution in [0, 0.1) is 0 Å². The second-order valence-corrected chi connectivity index (χ2v) is 6.30. The zero-order valence-corrected chi connectivity index (χ0v) is 12.4. The molecule has 0 saturated heterocycles. The Hall–Kier alpha value is -3.06. The lowest BCUT2D eigenvalue weighted by molar-refractivity contribution is 1.49. The standard InChI is InChI=1S/C22H13N/c1-3-13-4-2-6-18-19(13)16(5-1)17-10-9-14-7-8-15-11-12-23-22(15)20(14)21(17)18/h1-12,23H. The van der Waals surface area contributed by atoms with E-state index < -0.39 is 0 Å². The number of H-pyrrole nitrogens is 1. The lowest BCUT2D eigenvalue weighted by Gasteiger charge is -2.09. The normalized spacial score (nSPS) is 12.3. The third kappa shape index (κ3) is 1.29. The fourth-order valence-corrected chi connectivity index (χ4v) is 4.22. The molecule has 0 atom stereocenters. The second-order valence-electron chi connectivity index (χ2n) is 6.30. The highest BCUT2D eigenvalue weighted by molar-refractivity contribution is 6.25. The Morgan fingerprint density at radius 1 is 0.522 bits per heavy atom. The monoisotopic (exact) mass is 291 g/mol. The Bertz CT molecular complexity index is 1250. The van der Waals surface area contributed by atoms with Crippen LogP contribution in [0.2, 0.25) is 0 Å². The molecule has 1 nitrogen and oxygen atoms in total. The van der Waals surface area contributed by atoms with E-state index >= 15 is 0 Å². The first-order valence-electron chi connectivity index (χ1n) is 7.97. The van der Waals surface area contributed by atoms with Crippen LogP contribution in [-0.2, 0) is 0 Å². The molecule has 1 aliphatic carbocycles.